The standard InChI is InChI=1S/C13H24N2O2/c1-10-6-7-15(8-10)9-13(14-2,11-4-5-11)12(16)17-3/h10-11,14H,4-9H2,1-3H3. The highest BCUT2D eigenvalue weighted by atomic mass is 16.5. The number of hydrogen-bond donors (Lipinski definition) is 1. The zero-order valence-electron chi connectivity index (χ0n) is 11.2. The molecule has 2 aliphatic rings. The van der Waals surface area contributed by atoms with Crippen molar-refractivity contribution < 1.29 is 9.53 Å². The van der Waals surface area contributed by atoms with Gasteiger partial charge in [0.15, 0.2) is 0 Å². The SMILES string of the molecule is CNC(CN1CCC(C)C1)(C(=O)OC)C1CC1. The van der Waals surface area contributed by atoms with Gasteiger partial charge in [-0.15, -0.1) is 0 Å². The van der Waals surface area contributed by atoms with Gasteiger partial charge in [-0.2, -0.15) is 0 Å². The lowest BCUT2D eigenvalue weighted by molar-refractivity contribution is -0.150. The molecule has 1 N–H and O–H groups in total. The maximum absolute atomic E-state index is 12.1. The molecule has 1 saturated carbocycles. The second-order valence-electron chi connectivity index (χ2n) is 5.62. The largest absolute Gasteiger partial charge is 0.468 e. The number of carbonyl (C=O) groups is 1. The molecule has 1 heterocycles. The van der Waals surface area contributed by atoms with Crippen LogP contribution in [0.15, 0.2) is 0 Å². The fourth-order valence-corrected chi connectivity index (χ4v) is 3.03. The van der Waals surface area contributed by atoms with E-state index in [0.717, 1.165) is 38.4 Å². The second kappa shape index (κ2) is 4.94. The summed E-state index contributed by atoms with van der Waals surface area (Å²) in [7, 11) is 3.37. The molecular weight excluding hydrogens is 216 g/mol. The number of likely N-dealkylation sites (tertiary alicyclic amines) is 1. The molecule has 0 aromatic heterocycles. The zero-order chi connectivity index (χ0) is 12.5. The third-order valence-electron chi connectivity index (χ3n) is 4.25. The van der Waals surface area contributed by atoms with Gasteiger partial charge in [0.2, 0.25) is 0 Å². The smallest absolute Gasteiger partial charge is 0.327 e. The molecule has 0 radical (unpaired) electrons. The van der Waals surface area contributed by atoms with E-state index < -0.39 is 5.54 Å². The van der Waals surface area contributed by atoms with E-state index in [1.165, 1.54) is 13.5 Å². The lowest BCUT2D eigenvalue weighted by Gasteiger charge is -2.34. The monoisotopic (exact) mass is 240 g/mol. The number of nitrogens with zero attached hydrogens (tertiary/aromatic N) is 1. The molecule has 1 aliphatic carbocycles. The zero-order valence-corrected chi connectivity index (χ0v) is 11.2. The number of hydrogen-bond acceptors (Lipinski definition) is 4. The van der Waals surface area contributed by atoms with Gasteiger partial charge in [0, 0.05) is 13.1 Å². The van der Waals surface area contributed by atoms with Crippen molar-refractivity contribution in [1.82, 2.24) is 10.2 Å². The van der Waals surface area contributed by atoms with Gasteiger partial charge in [-0.3, -0.25) is 0 Å². The number of likely N-dealkylation sites (N-methyl/N-ethyl adjacent to an activating group) is 1. The summed E-state index contributed by atoms with van der Waals surface area (Å²) < 4.78 is 5.02. The van der Waals surface area contributed by atoms with Gasteiger partial charge < -0.3 is 15.0 Å². The second-order valence-corrected chi connectivity index (χ2v) is 5.62. The average Bonchev–Trinajstić information content (AvgIpc) is 3.10. The van der Waals surface area contributed by atoms with Crippen molar-refractivity contribution in [2.45, 2.75) is 31.7 Å². The van der Waals surface area contributed by atoms with Crippen LogP contribution in [0.2, 0.25) is 0 Å². The van der Waals surface area contributed by atoms with E-state index in [1.54, 1.807) is 0 Å². The van der Waals surface area contributed by atoms with E-state index in [4.69, 9.17) is 4.74 Å². The Labute approximate surface area is 104 Å². The van der Waals surface area contributed by atoms with Crippen molar-refractivity contribution in [2.24, 2.45) is 11.8 Å². The minimum absolute atomic E-state index is 0.0953. The number of ether oxygens (including phenoxy) is 1. The van der Waals surface area contributed by atoms with E-state index in [9.17, 15) is 4.79 Å². The Morgan fingerprint density at radius 2 is 2.18 bits per heavy atom. The Hall–Kier alpha value is -0.610. The summed E-state index contributed by atoms with van der Waals surface area (Å²) in [5, 5.41) is 3.25. The van der Waals surface area contributed by atoms with Crippen LogP contribution in [0.25, 0.3) is 0 Å². The van der Waals surface area contributed by atoms with E-state index in [2.05, 4.69) is 17.1 Å². The Kier molecular flexibility index (Phi) is 3.73. The molecule has 4 heteroatoms. The van der Waals surface area contributed by atoms with Crippen molar-refractivity contribution in [3.05, 3.63) is 0 Å². The molecule has 0 amide bonds. The Morgan fingerprint density at radius 3 is 2.59 bits per heavy atom. The summed E-state index contributed by atoms with van der Waals surface area (Å²) in [6.45, 7) is 5.28. The van der Waals surface area contributed by atoms with Crippen LogP contribution in [0.5, 0.6) is 0 Å². The maximum Gasteiger partial charge on any atom is 0.327 e. The van der Waals surface area contributed by atoms with Gasteiger partial charge in [0.25, 0.3) is 0 Å². The Bertz CT molecular complexity index is 291. The molecule has 1 saturated heterocycles. The Morgan fingerprint density at radius 1 is 1.47 bits per heavy atom. The summed E-state index contributed by atoms with van der Waals surface area (Å²) in [5.41, 5.74) is -0.473. The molecule has 2 rings (SSSR count). The lowest BCUT2D eigenvalue weighted by atomic mass is 9.92. The van der Waals surface area contributed by atoms with Crippen LogP contribution < -0.4 is 5.32 Å². The molecule has 0 bridgehead atoms. The molecule has 1 aliphatic heterocycles. The summed E-state index contributed by atoms with van der Waals surface area (Å²) in [4.78, 5) is 14.5. The van der Waals surface area contributed by atoms with E-state index in [-0.39, 0.29) is 5.97 Å². The van der Waals surface area contributed by atoms with Crippen molar-refractivity contribution in [2.75, 3.05) is 33.8 Å². The third-order valence-corrected chi connectivity index (χ3v) is 4.25. The van der Waals surface area contributed by atoms with Gasteiger partial charge in [-0.05, 0) is 44.7 Å². The first kappa shape index (κ1) is 12.8. The van der Waals surface area contributed by atoms with Crippen LogP contribution in [-0.4, -0.2) is 50.2 Å². The van der Waals surface area contributed by atoms with Gasteiger partial charge in [0.05, 0.1) is 7.11 Å². The Balaban J connectivity index is 2.07. The molecule has 0 aromatic carbocycles. The van der Waals surface area contributed by atoms with Gasteiger partial charge in [0.1, 0.15) is 5.54 Å². The average molecular weight is 240 g/mol. The van der Waals surface area contributed by atoms with Crippen LogP contribution in [0.1, 0.15) is 26.2 Å². The van der Waals surface area contributed by atoms with Crippen LogP contribution in [0, 0.1) is 11.8 Å². The van der Waals surface area contributed by atoms with Gasteiger partial charge in [-0.1, -0.05) is 6.92 Å². The molecule has 2 fully saturated rings. The number of nitrogens with one attached hydrogen (secondary N) is 1. The fourth-order valence-electron chi connectivity index (χ4n) is 3.03. The van der Waals surface area contributed by atoms with Gasteiger partial charge in [-0.25, -0.2) is 4.79 Å². The summed E-state index contributed by atoms with van der Waals surface area (Å²) in [6, 6.07) is 0. The fraction of sp³-hybridized carbons (Fsp3) is 0.923. The van der Waals surface area contributed by atoms with Crippen LogP contribution >= 0.6 is 0 Å². The molecule has 4 nitrogen and oxygen atoms in total. The molecule has 17 heavy (non-hydrogen) atoms. The number of carbonyl (C=O) groups excluding carboxylic acids is 1. The molecule has 2 atom stereocenters. The van der Waals surface area contributed by atoms with E-state index in [0.29, 0.717) is 5.92 Å². The third kappa shape index (κ3) is 2.47. The minimum atomic E-state index is -0.473. The van der Waals surface area contributed by atoms with Crippen molar-refractivity contribution in [1.29, 1.82) is 0 Å². The van der Waals surface area contributed by atoms with E-state index >= 15 is 0 Å². The number of methoxy groups -OCH3 is 1. The first-order valence-corrected chi connectivity index (χ1v) is 6.62. The van der Waals surface area contributed by atoms with Crippen LogP contribution in [-0.2, 0) is 9.53 Å². The summed E-state index contributed by atoms with van der Waals surface area (Å²) in [5.74, 6) is 1.11. The maximum atomic E-state index is 12.1. The normalized spacial score (nSPS) is 29.0. The van der Waals surface area contributed by atoms with Crippen molar-refractivity contribution in [3.8, 4) is 0 Å². The highest BCUT2D eigenvalue weighted by Crippen LogP contribution is 2.41. The molecule has 0 aromatic rings. The van der Waals surface area contributed by atoms with Crippen molar-refractivity contribution in [3.63, 3.8) is 0 Å². The first-order valence-electron chi connectivity index (χ1n) is 6.62. The molecule has 98 valence electrons. The van der Waals surface area contributed by atoms with Crippen LogP contribution in [0.3, 0.4) is 0 Å². The lowest BCUT2D eigenvalue weighted by Crippen LogP contribution is -2.59. The first-order chi connectivity index (χ1) is 8.12. The topological polar surface area (TPSA) is 41.6 Å². The minimum Gasteiger partial charge on any atom is -0.468 e. The predicted octanol–water partition coefficient (Wildman–Crippen LogP) is 0.869. The highest BCUT2D eigenvalue weighted by Gasteiger charge is 2.52. The van der Waals surface area contributed by atoms with E-state index in [1.807, 2.05) is 7.05 Å². The highest BCUT2D eigenvalue weighted by molar-refractivity contribution is 5.82. The predicted molar refractivity (Wildman–Crippen MR) is 66.8 cm³/mol. The quantitative estimate of drug-likeness (QED) is 0.724. The molecule has 0 spiro atoms. The summed E-state index contributed by atoms with van der Waals surface area (Å²) in [6.07, 6.45) is 3.52. The van der Waals surface area contributed by atoms with Crippen LogP contribution in [0.4, 0.5) is 0 Å². The molecular formula is C13H24N2O2. The van der Waals surface area contributed by atoms with Gasteiger partial charge >= 0.3 is 5.97 Å². The summed E-state index contributed by atoms with van der Waals surface area (Å²) >= 11 is 0. The van der Waals surface area contributed by atoms with Crippen molar-refractivity contribution >= 4 is 5.97 Å². The number of esters is 1. The number of rotatable bonds is 5. The molecule has 2 unspecified atom stereocenters.